The zero-order valence-electron chi connectivity index (χ0n) is 7.82. The van der Waals surface area contributed by atoms with Crippen molar-refractivity contribution in [1.82, 2.24) is 5.32 Å². The molecule has 0 aliphatic rings. The van der Waals surface area contributed by atoms with Crippen molar-refractivity contribution < 1.29 is 4.79 Å². The number of carbonyl (C=O) groups excluding carboxylic acids is 1. The molecule has 0 saturated carbocycles. The molecule has 0 atom stereocenters. The summed E-state index contributed by atoms with van der Waals surface area (Å²) in [6.45, 7) is 4.41. The van der Waals surface area contributed by atoms with Crippen molar-refractivity contribution in [3.8, 4) is 0 Å². The van der Waals surface area contributed by atoms with Crippen LogP contribution in [0.4, 0.5) is 0 Å². The minimum absolute atomic E-state index is 0.0338. The zero-order valence-corrected chi connectivity index (χ0v) is 9.39. The quantitative estimate of drug-likeness (QED) is 0.552. The largest absolute Gasteiger partial charge is 0.355 e. The van der Waals surface area contributed by atoms with Crippen LogP contribution in [0.15, 0.2) is 0 Å². The number of halogens is 1. The van der Waals surface area contributed by atoms with Crippen LogP contribution in [0.2, 0.25) is 0 Å². The molecule has 0 saturated heterocycles. The molecular weight excluding hydrogens is 194 g/mol. The van der Waals surface area contributed by atoms with Gasteiger partial charge in [0.05, 0.1) is 5.41 Å². The molecule has 0 radical (unpaired) electrons. The predicted molar refractivity (Wildman–Crippen MR) is 55.9 cm³/mol. The number of amides is 1. The van der Waals surface area contributed by atoms with Crippen LogP contribution in [0.1, 0.15) is 13.8 Å². The summed E-state index contributed by atoms with van der Waals surface area (Å²) in [5.41, 5.74) is -0.444. The Balaban J connectivity index is 3.72. The molecule has 0 aliphatic heterocycles. The fourth-order valence-corrected chi connectivity index (χ4v) is 0.994. The lowest BCUT2D eigenvalue weighted by Gasteiger charge is -2.19. The van der Waals surface area contributed by atoms with E-state index in [0.717, 1.165) is 12.3 Å². The first kappa shape index (κ1) is 12.1. The van der Waals surface area contributed by atoms with Crippen LogP contribution in [-0.2, 0) is 4.79 Å². The lowest BCUT2D eigenvalue weighted by molar-refractivity contribution is -0.128. The standard InChI is InChI=1S/C8H16ClNOS/c1-8(2,6-9)7(11)10-4-5-12-3/h4-6H2,1-3H3,(H,10,11). The summed E-state index contributed by atoms with van der Waals surface area (Å²) in [4.78, 5) is 11.4. The number of hydrogen-bond donors (Lipinski definition) is 1. The highest BCUT2D eigenvalue weighted by Gasteiger charge is 2.25. The topological polar surface area (TPSA) is 29.1 Å². The average molecular weight is 210 g/mol. The third-order valence-electron chi connectivity index (χ3n) is 1.54. The van der Waals surface area contributed by atoms with Crippen LogP contribution in [0.25, 0.3) is 0 Å². The number of hydrogen-bond acceptors (Lipinski definition) is 2. The highest BCUT2D eigenvalue weighted by atomic mass is 35.5. The fraction of sp³-hybridized carbons (Fsp3) is 0.875. The average Bonchev–Trinajstić information content (AvgIpc) is 2.05. The Bertz CT molecular complexity index is 150. The molecule has 0 aromatic heterocycles. The Kier molecular flexibility index (Phi) is 5.76. The summed E-state index contributed by atoms with van der Waals surface area (Å²) in [7, 11) is 0. The lowest BCUT2D eigenvalue weighted by Crippen LogP contribution is -2.39. The maximum absolute atomic E-state index is 11.4. The fourth-order valence-electron chi connectivity index (χ4n) is 0.567. The van der Waals surface area contributed by atoms with Gasteiger partial charge in [-0.05, 0) is 20.1 Å². The lowest BCUT2D eigenvalue weighted by atomic mass is 9.95. The van der Waals surface area contributed by atoms with E-state index in [1.807, 2.05) is 20.1 Å². The van der Waals surface area contributed by atoms with Gasteiger partial charge < -0.3 is 5.32 Å². The van der Waals surface area contributed by atoms with E-state index < -0.39 is 5.41 Å². The van der Waals surface area contributed by atoms with Crippen molar-refractivity contribution in [3.05, 3.63) is 0 Å². The summed E-state index contributed by atoms with van der Waals surface area (Å²) in [6.07, 6.45) is 2.01. The van der Waals surface area contributed by atoms with Crippen molar-refractivity contribution in [2.45, 2.75) is 13.8 Å². The Morgan fingerprint density at radius 1 is 1.58 bits per heavy atom. The predicted octanol–water partition coefficient (Wildman–Crippen LogP) is 1.73. The SMILES string of the molecule is CSCCNC(=O)C(C)(C)CCl. The first-order valence-electron chi connectivity index (χ1n) is 3.88. The molecular formula is C8H16ClNOS. The number of alkyl halides is 1. The van der Waals surface area contributed by atoms with Gasteiger partial charge in [0.15, 0.2) is 0 Å². The van der Waals surface area contributed by atoms with Crippen molar-refractivity contribution in [2.24, 2.45) is 5.41 Å². The molecule has 0 rings (SSSR count). The van der Waals surface area contributed by atoms with Crippen molar-refractivity contribution in [2.75, 3.05) is 24.4 Å². The first-order valence-corrected chi connectivity index (χ1v) is 5.80. The number of thioether (sulfide) groups is 1. The minimum Gasteiger partial charge on any atom is -0.355 e. The van der Waals surface area contributed by atoms with Crippen molar-refractivity contribution in [3.63, 3.8) is 0 Å². The molecule has 0 aromatic carbocycles. The molecule has 0 spiro atoms. The Morgan fingerprint density at radius 3 is 2.58 bits per heavy atom. The normalized spacial score (nSPS) is 11.3. The Labute approximate surface area is 83.4 Å². The van der Waals surface area contributed by atoms with Gasteiger partial charge in [0.25, 0.3) is 0 Å². The summed E-state index contributed by atoms with van der Waals surface area (Å²) >= 11 is 7.35. The molecule has 0 aromatic rings. The van der Waals surface area contributed by atoms with Crippen LogP contribution < -0.4 is 5.32 Å². The number of rotatable bonds is 5. The highest BCUT2D eigenvalue weighted by molar-refractivity contribution is 7.98. The molecule has 72 valence electrons. The van der Waals surface area contributed by atoms with Gasteiger partial charge in [0, 0.05) is 18.2 Å². The monoisotopic (exact) mass is 209 g/mol. The number of nitrogens with one attached hydrogen (secondary N) is 1. The van der Waals surface area contributed by atoms with Gasteiger partial charge in [-0.15, -0.1) is 11.6 Å². The van der Waals surface area contributed by atoms with E-state index in [2.05, 4.69) is 5.32 Å². The van der Waals surface area contributed by atoms with E-state index in [0.29, 0.717) is 5.88 Å². The minimum atomic E-state index is -0.444. The second kappa shape index (κ2) is 5.70. The van der Waals surface area contributed by atoms with Gasteiger partial charge in [-0.2, -0.15) is 11.8 Å². The third-order valence-corrected chi connectivity index (χ3v) is 2.82. The van der Waals surface area contributed by atoms with E-state index in [1.54, 1.807) is 11.8 Å². The summed E-state index contributed by atoms with van der Waals surface area (Å²) in [6, 6.07) is 0. The summed E-state index contributed by atoms with van der Waals surface area (Å²) in [5.74, 6) is 1.34. The van der Waals surface area contributed by atoms with Gasteiger partial charge in [0.2, 0.25) is 5.91 Å². The molecule has 4 heteroatoms. The third kappa shape index (κ3) is 4.21. The molecule has 0 fully saturated rings. The second-order valence-electron chi connectivity index (χ2n) is 3.27. The summed E-state index contributed by atoms with van der Waals surface area (Å²) < 4.78 is 0. The van der Waals surface area contributed by atoms with Crippen molar-refractivity contribution >= 4 is 29.3 Å². The number of carbonyl (C=O) groups is 1. The van der Waals surface area contributed by atoms with Gasteiger partial charge >= 0.3 is 0 Å². The molecule has 1 amide bonds. The molecule has 12 heavy (non-hydrogen) atoms. The van der Waals surface area contributed by atoms with Gasteiger partial charge in [-0.25, -0.2) is 0 Å². The second-order valence-corrected chi connectivity index (χ2v) is 4.52. The highest BCUT2D eigenvalue weighted by Crippen LogP contribution is 2.16. The first-order chi connectivity index (χ1) is 5.54. The van der Waals surface area contributed by atoms with Gasteiger partial charge in [-0.1, -0.05) is 0 Å². The summed E-state index contributed by atoms with van der Waals surface area (Å²) in [5, 5.41) is 2.83. The molecule has 1 N–H and O–H groups in total. The van der Waals surface area contributed by atoms with E-state index in [9.17, 15) is 4.79 Å². The Morgan fingerprint density at radius 2 is 2.17 bits per heavy atom. The van der Waals surface area contributed by atoms with Gasteiger partial charge in [-0.3, -0.25) is 4.79 Å². The van der Waals surface area contributed by atoms with Gasteiger partial charge in [0.1, 0.15) is 0 Å². The van der Waals surface area contributed by atoms with Crippen LogP contribution in [0.3, 0.4) is 0 Å². The smallest absolute Gasteiger partial charge is 0.226 e. The molecule has 2 nitrogen and oxygen atoms in total. The molecule has 0 bridgehead atoms. The molecule has 0 aliphatic carbocycles. The maximum Gasteiger partial charge on any atom is 0.226 e. The molecule has 0 heterocycles. The van der Waals surface area contributed by atoms with Crippen LogP contribution >= 0.6 is 23.4 Å². The van der Waals surface area contributed by atoms with Crippen LogP contribution in [-0.4, -0.2) is 30.3 Å². The van der Waals surface area contributed by atoms with E-state index in [-0.39, 0.29) is 5.91 Å². The van der Waals surface area contributed by atoms with Crippen LogP contribution in [0.5, 0.6) is 0 Å². The van der Waals surface area contributed by atoms with E-state index >= 15 is 0 Å². The maximum atomic E-state index is 11.4. The molecule has 0 unspecified atom stereocenters. The Hall–Kier alpha value is 0.110. The van der Waals surface area contributed by atoms with Crippen LogP contribution in [0, 0.1) is 5.41 Å². The van der Waals surface area contributed by atoms with E-state index in [1.165, 1.54) is 0 Å². The zero-order chi connectivity index (χ0) is 9.61. The van der Waals surface area contributed by atoms with E-state index in [4.69, 9.17) is 11.6 Å². The van der Waals surface area contributed by atoms with Crippen molar-refractivity contribution in [1.29, 1.82) is 0 Å².